The predicted octanol–water partition coefficient (Wildman–Crippen LogP) is 5.07. The number of likely N-dealkylation sites (N-methyl/N-ethyl adjacent to an activating group) is 1. The summed E-state index contributed by atoms with van der Waals surface area (Å²) < 4.78 is 22.7. The van der Waals surface area contributed by atoms with Crippen LogP contribution in [0.3, 0.4) is 0 Å². The van der Waals surface area contributed by atoms with Crippen molar-refractivity contribution in [2.45, 2.75) is 42.7 Å². The van der Waals surface area contributed by atoms with Crippen molar-refractivity contribution < 1.29 is 13.9 Å². The molecule has 218 valence electrons. The number of likely N-dealkylation sites (tertiary alicyclic amines) is 1. The van der Waals surface area contributed by atoms with Gasteiger partial charge in [0, 0.05) is 41.5 Å². The third-order valence-electron chi connectivity index (χ3n) is 8.61. The van der Waals surface area contributed by atoms with E-state index in [2.05, 4.69) is 34.4 Å². The summed E-state index contributed by atoms with van der Waals surface area (Å²) in [6.45, 7) is 14.0. The molecule has 10 heteroatoms. The summed E-state index contributed by atoms with van der Waals surface area (Å²) in [4.78, 5) is 32.7. The van der Waals surface area contributed by atoms with E-state index < -0.39 is 5.82 Å². The second-order valence-corrected chi connectivity index (χ2v) is 12.3. The second-order valence-electron chi connectivity index (χ2n) is 11.2. The molecule has 2 fully saturated rings. The number of fused-ring (bicyclic) bond motifs is 2. The van der Waals surface area contributed by atoms with Crippen LogP contribution in [0.5, 0.6) is 6.01 Å². The van der Waals surface area contributed by atoms with Crippen LogP contribution in [0, 0.1) is 12.4 Å². The van der Waals surface area contributed by atoms with Gasteiger partial charge < -0.3 is 24.3 Å². The zero-order chi connectivity index (χ0) is 29.2. The van der Waals surface area contributed by atoms with Gasteiger partial charge in [-0.3, -0.25) is 4.79 Å². The summed E-state index contributed by atoms with van der Waals surface area (Å²) in [5.41, 5.74) is 2.89. The van der Waals surface area contributed by atoms with Gasteiger partial charge in [-0.1, -0.05) is 30.8 Å². The van der Waals surface area contributed by atoms with Gasteiger partial charge in [-0.05, 0) is 68.3 Å². The first-order valence-electron chi connectivity index (χ1n) is 14.6. The van der Waals surface area contributed by atoms with Crippen LogP contribution in [0.2, 0.25) is 0 Å². The SMILES string of the molecule is [C-]#[N+]C[C@H]1CN(c2nc(OC[C@@H]3CCCN3C)nc3c(F)c(-c4cccc5c4SCCC5)ccc23)CCN1C(=O)C=C. The lowest BCUT2D eigenvalue weighted by Gasteiger charge is -2.39. The number of hydrogen-bond donors (Lipinski definition) is 0. The molecule has 6 rings (SSSR count). The van der Waals surface area contributed by atoms with Gasteiger partial charge in [-0.2, -0.15) is 9.97 Å². The lowest BCUT2D eigenvalue weighted by molar-refractivity contribution is -0.128. The summed E-state index contributed by atoms with van der Waals surface area (Å²) in [6, 6.07) is 9.92. The van der Waals surface area contributed by atoms with Crippen LogP contribution >= 0.6 is 11.8 Å². The van der Waals surface area contributed by atoms with Gasteiger partial charge >= 0.3 is 6.01 Å². The predicted molar refractivity (Wildman–Crippen MR) is 165 cm³/mol. The highest BCUT2D eigenvalue weighted by Crippen LogP contribution is 2.41. The van der Waals surface area contributed by atoms with Crippen molar-refractivity contribution in [2.75, 3.05) is 57.0 Å². The summed E-state index contributed by atoms with van der Waals surface area (Å²) in [5, 5.41) is 0.587. The third-order valence-corrected chi connectivity index (χ3v) is 9.87. The monoisotopic (exact) mass is 586 g/mol. The third kappa shape index (κ3) is 5.43. The number of aromatic nitrogens is 2. The van der Waals surface area contributed by atoms with Crippen LogP contribution in [0.1, 0.15) is 24.8 Å². The summed E-state index contributed by atoms with van der Waals surface area (Å²) in [7, 11) is 2.08. The minimum absolute atomic E-state index is 0.143. The molecule has 0 unspecified atom stereocenters. The highest BCUT2D eigenvalue weighted by molar-refractivity contribution is 7.99. The molecule has 2 aromatic carbocycles. The number of amides is 1. The van der Waals surface area contributed by atoms with Crippen molar-refractivity contribution in [3.05, 3.63) is 65.8 Å². The Balaban J connectivity index is 1.42. The van der Waals surface area contributed by atoms with Gasteiger partial charge in [0.2, 0.25) is 12.5 Å². The first-order valence-corrected chi connectivity index (χ1v) is 15.6. The molecule has 0 saturated carbocycles. The summed E-state index contributed by atoms with van der Waals surface area (Å²) in [6.07, 6.45) is 5.55. The summed E-state index contributed by atoms with van der Waals surface area (Å²) >= 11 is 1.78. The van der Waals surface area contributed by atoms with Gasteiger partial charge in [0.1, 0.15) is 24.0 Å². The smallest absolute Gasteiger partial charge is 0.319 e. The Morgan fingerprint density at radius 3 is 2.86 bits per heavy atom. The quantitative estimate of drug-likeness (QED) is 0.283. The Bertz CT molecular complexity index is 1560. The number of rotatable bonds is 7. The molecule has 42 heavy (non-hydrogen) atoms. The maximum Gasteiger partial charge on any atom is 0.319 e. The van der Waals surface area contributed by atoms with Gasteiger partial charge in [-0.25, -0.2) is 11.0 Å². The maximum atomic E-state index is 16.6. The van der Waals surface area contributed by atoms with Crippen molar-refractivity contribution in [3.63, 3.8) is 0 Å². The molecule has 2 atom stereocenters. The molecule has 0 spiro atoms. The van der Waals surface area contributed by atoms with Crippen molar-refractivity contribution in [1.82, 2.24) is 19.8 Å². The molecular formula is C32H35FN6O2S. The van der Waals surface area contributed by atoms with E-state index in [1.54, 1.807) is 16.7 Å². The van der Waals surface area contributed by atoms with Gasteiger partial charge in [0.25, 0.3) is 0 Å². The Hall–Kier alpha value is -3.68. The number of nitrogens with zero attached hydrogens (tertiary/aromatic N) is 6. The second kappa shape index (κ2) is 12.3. The van der Waals surface area contributed by atoms with Crippen LogP contribution in [0.15, 0.2) is 47.9 Å². The molecule has 0 radical (unpaired) electrons. The van der Waals surface area contributed by atoms with E-state index in [1.807, 2.05) is 29.2 Å². The van der Waals surface area contributed by atoms with E-state index in [4.69, 9.17) is 16.3 Å². The first-order chi connectivity index (χ1) is 20.5. The lowest BCUT2D eigenvalue weighted by atomic mass is 9.98. The molecule has 1 aromatic heterocycles. The molecule has 3 aliphatic heterocycles. The fourth-order valence-corrected chi connectivity index (χ4v) is 7.50. The number of carbonyl (C=O) groups excluding carboxylic acids is 1. The van der Waals surface area contributed by atoms with E-state index in [-0.39, 0.29) is 36.1 Å². The van der Waals surface area contributed by atoms with Crippen LogP contribution in [-0.4, -0.2) is 89.9 Å². The minimum Gasteiger partial charge on any atom is -0.462 e. The minimum atomic E-state index is -0.392. The van der Waals surface area contributed by atoms with Crippen molar-refractivity contribution in [1.29, 1.82) is 0 Å². The molecular weight excluding hydrogens is 551 g/mol. The van der Waals surface area contributed by atoms with E-state index in [0.29, 0.717) is 43.0 Å². The highest BCUT2D eigenvalue weighted by atomic mass is 32.2. The van der Waals surface area contributed by atoms with Crippen LogP contribution in [-0.2, 0) is 11.2 Å². The van der Waals surface area contributed by atoms with Crippen LogP contribution in [0.4, 0.5) is 10.2 Å². The van der Waals surface area contributed by atoms with Gasteiger partial charge in [0.15, 0.2) is 5.82 Å². The molecule has 4 heterocycles. The number of piperazine rings is 1. The van der Waals surface area contributed by atoms with Gasteiger partial charge in [0.05, 0.1) is 0 Å². The molecule has 2 saturated heterocycles. The standard InChI is InChI=1S/C32H35FN6O2S/c1-4-27(40)39-16-15-38(19-23(39)18-34-2)31-26-13-12-24(25-11-5-8-21-9-7-17-42-30(21)25)28(33)29(26)35-32(36-31)41-20-22-10-6-14-37(22)3/h4-5,8,11-13,22-23H,1,6-7,9-10,14-20H2,3H3/t22-,23-/m0/s1. The molecule has 1 amide bonds. The first kappa shape index (κ1) is 28.4. The van der Waals surface area contributed by atoms with Crippen molar-refractivity contribution in [3.8, 4) is 17.1 Å². The lowest BCUT2D eigenvalue weighted by Crippen LogP contribution is -2.56. The zero-order valence-corrected chi connectivity index (χ0v) is 24.7. The Kier molecular flexibility index (Phi) is 8.31. The number of carbonyl (C=O) groups is 1. The fourth-order valence-electron chi connectivity index (χ4n) is 6.32. The topological polar surface area (TPSA) is 66.2 Å². The number of anilines is 1. The molecule has 3 aromatic rings. The molecule has 3 aliphatic rings. The Labute approximate surface area is 250 Å². The number of halogens is 1. The Morgan fingerprint density at radius 1 is 1.19 bits per heavy atom. The van der Waals surface area contributed by atoms with E-state index >= 15 is 4.39 Å². The van der Waals surface area contributed by atoms with E-state index in [1.165, 1.54) is 11.6 Å². The average Bonchev–Trinajstić information content (AvgIpc) is 3.44. The number of hydrogen-bond acceptors (Lipinski definition) is 7. The largest absolute Gasteiger partial charge is 0.462 e. The molecule has 0 bridgehead atoms. The van der Waals surface area contributed by atoms with Gasteiger partial charge in [-0.15, -0.1) is 11.8 Å². The highest BCUT2D eigenvalue weighted by Gasteiger charge is 2.33. The number of aryl methyl sites for hydroxylation is 1. The zero-order valence-electron chi connectivity index (χ0n) is 23.9. The number of benzene rings is 2. The fraction of sp³-hybridized carbons (Fsp3) is 0.438. The molecule has 8 nitrogen and oxygen atoms in total. The van der Waals surface area contributed by atoms with Crippen molar-refractivity contribution in [2.24, 2.45) is 0 Å². The average molecular weight is 587 g/mol. The van der Waals surface area contributed by atoms with E-state index in [9.17, 15) is 4.79 Å². The molecule has 0 N–H and O–H groups in total. The Morgan fingerprint density at radius 2 is 2.07 bits per heavy atom. The summed E-state index contributed by atoms with van der Waals surface area (Å²) in [5.74, 6) is 0.994. The van der Waals surface area contributed by atoms with E-state index in [0.717, 1.165) is 48.4 Å². The maximum absolute atomic E-state index is 16.6. The van der Waals surface area contributed by atoms with Crippen LogP contribution in [0.25, 0.3) is 26.9 Å². The van der Waals surface area contributed by atoms with Crippen LogP contribution < -0.4 is 9.64 Å². The molecule has 0 aliphatic carbocycles. The number of thioether (sulfide) groups is 1. The number of ether oxygens (including phenoxy) is 1. The van der Waals surface area contributed by atoms with Crippen molar-refractivity contribution >= 4 is 34.4 Å². The normalized spacial score (nSPS) is 20.8.